The Kier molecular flexibility index (Phi) is 5.55. The van der Waals surface area contributed by atoms with E-state index in [0.717, 1.165) is 24.5 Å². The first kappa shape index (κ1) is 20.7. The molecule has 3 N–H and O–H groups in total. The lowest BCUT2D eigenvalue weighted by Crippen LogP contribution is -2.44. The Morgan fingerprint density at radius 2 is 1.90 bits per heavy atom. The van der Waals surface area contributed by atoms with Gasteiger partial charge in [0.05, 0.1) is 6.04 Å². The molecule has 7 nitrogen and oxygen atoms in total. The number of carbonyl (C=O) groups is 2. The lowest BCUT2D eigenvalue weighted by atomic mass is 9.99. The largest absolute Gasteiger partial charge is 0.451 e. The van der Waals surface area contributed by atoms with Crippen molar-refractivity contribution in [2.24, 2.45) is 0 Å². The van der Waals surface area contributed by atoms with Gasteiger partial charge in [-0.1, -0.05) is 17.7 Å². The standard InChI is InChI=1S/C16H11ClF5N5O2/c17-10-8(18)2-1-7(11(10)19)12(27-13(28)9-5-25-15(29)26-9)6-3-23-14(24-4-6)16(20,21)22/h1-4,9,12H,5H2,(H,27,28)(H2,25,26,29)/t9-,12-/m0/s1. The first-order valence-electron chi connectivity index (χ1n) is 7.95. The Hall–Kier alpha value is -3.02. The van der Waals surface area contributed by atoms with Crippen LogP contribution in [0.15, 0.2) is 24.5 Å². The molecule has 2 atom stereocenters. The average Bonchev–Trinajstić information content (AvgIpc) is 3.11. The molecule has 0 aliphatic carbocycles. The topological polar surface area (TPSA) is 96.0 Å². The number of halogens is 6. The van der Waals surface area contributed by atoms with Gasteiger partial charge in [-0.05, 0) is 6.07 Å². The molecule has 1 aromatic heterocycles. The van der Waals surface area contributed by atoms with Gasteiger partial charge in [0.1, 0.15) is 22.7 Å². The maximum Gasteiger partial charge on any atom is 0.451 e. The number of carbonyl (C=O) groups excluding carboxylic acids is 2. The third-order valence-electron chi connectivity index (χ3n) is 4.01. The van der Waals surface area contributed by atoms with Crippen molar-refractivity contribution in [2.45, 2.75) is 18.3 Å². The second kappa shape index (κ2) is 7.78. The van der Waals surface area contributed by atoms with Gasteiger partial charge in [0, 0.05) is 30.1 Å². The van der Waals surface area contributed by atoms with Crippen molar-refractivity contribution in [3.63, 3.8) is 0 Å². The molecule has 2 heterocycles. The van der Waals surface area contributed by atoms with E-state index in [1.165, 1.54) is 0 Å². The number of hydrogen-bond donors (Lipinski definition) is 3. The summed E-state index contributed by atoms with van der Waals surface area (Å²) in [5.74, 6) is -4.48. The van der Waals surface area contributed by atoms with Crippen molar-refractivity contribution in [3.8, 4) is 0 Å². The van der Waals surface area contributed by atoms with Crippen molar-refractivity contribution in [3.05, 3.63) is 58.1 Å². The molecule has 1 aliphatic heterocycles. The maximum atomic E-state index is 14.5. The molecule has 0 unspecified atom stereocenters. The van der Waals surface area contributed by atoms with Crippen LogP contribution in [0.3, 0.4) is 0 Å². The van der Waals surface area contributed by atoms with E-state index >= 15 is 0 Å². The molecule has 0 saturated carbocycles. The van der Waals surface area contributed by atoms with Gasteiger partial charge in [-0.25, -0.2) is 23.5 Å². The first-order valence-corrected chi connectivity index (χ1v) is 8.33. The van der Waals surface area contributed by atoms with Crippen molar-refractivity contribution in [1.29, 1.82) is 0 Å². The molecule has 0 radical (unpaired) electrons. The van der Waals surface area contributed by atoms with Crippen LogP contribution in [0.4, 0.5) is 26.7 Å². The number of urea groups is 1. The van der Waals surface area contributed by atoms with E-state index < -0.39 is 52.7 Å². The van der Waals surface area contributed by atoms with E-state index in [-0.39, 0.29) is 17.7 Å². The summed E-state index contributed by atoms with van der Waals surface area (Å²) in [5.41, 5.74) is -0.449. The molecule has 1 aromatic carbocycles. The molecule has 1 saturated heterocycles. The van der Waals surface area contributed by atoms with E-state index in [2.05, 4.69) is 25.9 Å². The number of rotatable bonds is 4. The zero-order chi connectivity index (χ0) is 21.3. The number of nitrogens with one attached hydrogen (secondary N) is 3. The molecule has 0 spiro atoms. The summed E-state index contributed by atoms with van der Waals surface area (Å²) >= 11 is 5.57. The monoisotopic (exact) mass is 435 g/mol. The highest BCUT2D eigenvalue weighted by Gasteiger charge is 2.35. The summed E-state index contributed by atoms with van der Waals surface area (Å²) < 4.78 is 66.1. The van der Waals surface area contributed by atoms with E-state index in [1.54, 1.807) is 0 Å². The zero-order valence-corrected chi connectivity index (χ0v) is 14.9. The molecular weight excluding hydrogens is 425 g/mol. The fourth-order valence-corrected chi connectivity index (χ4v) is 2.77. The van der Waals surface area contributed by atoms with Gasteiger partial charge in [0.15, 0.2) is 0 Å². The SMILES string of the molecule is O=C1NC[C@@H](C(=O)N[C@@H](c2cnc(C(F)(F)F)nc2)c2ccc(F)c(Cl)c2F)N1. The second-order valence-electron chi connectivity index (χ2n) is 5.95. The smallest absolute Gasteiger partial charge is 0.343 e. The number of nitrogens with zero attached hydrogens (tertiary/aromatic N) is 2. The molecule has 3 amide bonds. The molecule has 3 rings (SSSR count). The minimum absolute atomic E-state index is 0.0620. The van der Waals surface area contributed by atoms with Crippen LogP contribution < -0.4 is 16.0 Å². The van der Waals surface area contributed by atoms with Gasteiger partial charge in [-0.2, -0.15) is 13.2 Å². The van der Waals surface area contributed by atoms with Gasteiger partial charge < -0.3 is 16.0 Å². The predicted molar refractivity (Wildman–Crippen MR) is 88.7 cm³/mol. The van der Waals surface area contributed by atoms with Crippen LogP contribution in [0.1, 0.15) is 23.0 Å². The molecule has 2 aromatic rings. The van der Waals surface area contributed by atoms with Crippen LogP contribution >= 0.6 is 11.6 Å². The summed E-state index contributed by atoms with van der Waals surface area (Å²) in [4.78, 5) is 30.0. The van der Waals surface area contributed by atoms with Crippen LogP contribution in [0.25, 0.3) is 0 Å². The molecule has 1 fully saturated rings. The lowest BCUT2D eigenvalue weighted by Gasteiger charge is -2.22. The Morgan fingerprint density at radius 3 is 2.45 bits per heavy atom. The summed E-state index contributed by atoms with van der Waals surface area (Å²) in [5, 5.41) is 6.18. The van der Waals surface area contributed by atoms with Crippen LogP contribution in [0.5, 0.6) is 0 Å². The third-order valence-corrected chi connectivity index (χ3v) is 4.36. The Labute approximate surface area is 164 Å². The van der Waals surface area contributed by atoms with E-state index in [0.29, 0.717) is 0 Å². The number of alkyl halides is 3. The quantitative estimate of drug-likeness (QED) is 0.507. The van der Waals surface area contributed by atoms with Crippen LogP contribution in [-0.4, -0.2) is 34.5 Å². The summed E-state index contributed by atoms with van der Waals surface area (Å²) in [7, 11) is 0. The molecule has 154 valence electrons. The van der Waals surface area contributed by atoms with Crippen molar-refractivity contribution < 1.29 is 31.5 Å². The fourth-order valence-electron chi connectivity index (χ4n) is 2.59. The molecule has 1 aliphatic rings. The van der Waals surface area contributed by atoms with Crippen molar-refractivity contribution >= 4 is 23.5 Å². The van der Waals surface area contributed by atoms with Crippen molar-refractivity contribution in [1.82, 2.24) is 25.9 Å². The number of benzene rings is 1. The van der Waals surface area contributed by atoms with Gasteiger partial charge >= 0.3 is 12.2 Å². The number of aromatic nitrogens is 2. The van der Waals surface area contributed by atoms with Crippen LogP contribution in [0, 0.1) is 11.6 Å². The number of amides is 3. The minimum atomic E-state index is -4.80. The molecular formula is C16H11ClF5N5O2. The van der Waals surface area contributed by atoms with Gasteiger partial charge in [-0.3, -0.25) is 4.79 Å². The highest BCUT2D eigenvalue weighted by Crippen LogP contribution is 2.31. The summed E-state index contributed by atoms with van der Waals surface area (Å²) in [6, 6.07) is -1.20. The maximum absolute atomic E-state index is 14.5. The third kappa shape index (κ3) is 4.36. The normalized spacial score (nSPS) is 17.4. The zero-order valence-electron chi connectivity index (χ0n) is 14.1. The van der Waals surface area contributed by atoms with E-state index in [1.807, 2.05) is 0 Å². The van der Waals surface area contributed by atoms with Crippen LogP contribution in [0.2, 0.25) is 5.02 Å². The average molecular weight is 436 g/mol. The molecule has 29 heavy (non-hydrogen) atoms. The summed E-state index contributed by atoms with van der Waals surface area (Å²) in [6.45, 7) is -0.0620. The van der Waals surface area contributed by atoms with E-state index in [4.69, 9.17) is 11.6 Å². The fraction of sp³-hybridized carbons (Fsp3) is 0.250. The molecule has 0 bridgehead atoms. The highest BCUT2D eigenvalue weighted by atomic mass is 35.5. The summed E-state index contributed by atoms with van der Waals surface area (Å²) in [6.07, 6.45) is -3.30. The number of hydrogen-bond acceptors (Lipinski definition) is 4. The predicted octanol–water partition coefficient (Wildman–Crippen LogP) is 2.31. The van der Waals surface area contributed by atoms with E-state index in [9.17, 15) is 31.5 Å². The minimum Gasteiger partial charge on any atom is -0.343 e. The van der Waals surface area contributed by atoms with Crippen molar-refractivity contribution in [2.75, 3.05) is 6.54 Å². The lowest BCUT2D eigenvalue weighted by molar-refractivity contribution is -0.145. The van der Waals surface area contributed by atoms with Crippen LogP contribution in [-0.2, 0) is 11.0 Å². The molecule has 13 heteroatoms. The second-order valence-corrected chi connectivity index (χ2v) is 6.33. The first-order chi connectivity index (χ1) is 13.6. The van der Waals surface area contributed by atoms with Gasteiger partial charge in [0.25, 0.3) is 0 Å². The highest BCUT2D eigenvalue weighted by molar-refractivity contribution is 6.31. The van der Waals surface area contributed by atoms with Gasteiger partial charge in [0.2, 0.25) is 11.7 Å². The van der Waals surface area contributed by atoms with Gasteiger partial charge in [-0.15, -0.1) is 0 Å². The Balaban J connectivity index is 1.99. The Bertz CT molecular complexity index is 954. The Morgan fingerprint density at radius 1 is 1.24 bits per heavy atom.